The third-order valence-electron chi connectivity index (χ3n) is 5.13. The Balaban J connectivity index is 1.62. The van der Waals surface area contributed by atoms with Gasteiger partial charge in [0.15, 0.2) is 0 Å². The number of thioether (sulfide) groups is 1. The Morgan fingerprint density at radius 1 is 1.07 bits per heavy atom. The van der Waals surface area contributed by atoms with Crippen molar-refractivity contribution in [2.75, 3.05) is 24.7 Å². The predicted molar refractivity (Wildman–Crippen MR) is 114 cm³/mol. The second-order valence-electron chi connectivity index (χ2n) is 7.17. The number of carbonyl (C=O) groups excluding carboxylic acids is 1. The lowest BCUT2D eigenvalue weighted by molar-refractivity contribution is -0.120. The van der Waals surface area contributed by atoms with Crippen molar-refractivity contribution in [1.82, 2.24) is 4.31 Å². The summed E-state index contributed by atoms with van der Waals surface area (Å²) in [6, 6.07) is 13.1. The highest BCUT2D eigenvalue weighted by Gasteiger charge is 2.32. The van der Waals surface area contributed by atoms with E-state index >= 15 is 0 Å². The highest BCUT2D eigenvalue weighted by molar-refractivity contribution is 7.98. The molecule has 1 heterocycles. The number of aryl methyl sites for hydroxylation is 2. The van der Waals surface area contributed by atoms with Gasteiger partial charge in [-0.3, -0.25) is 4.79 Å². The zero-order chi connectivity index (χ0) is 20.3. The van der Waals surface area contributed by atoms with Crippen LogP contribution in [0.1, 0.15) is 24.0 Å². The number of hydrogen-bond donors (Lipinski definition) is 1. The summed E-state index contributed by atoms with van der Waals surface area (Å²) < 4.78 is 27.4. The first kappa shape index (κ1) is 20.9. The Labute approximate surface area is 171 Å². The standard InChI is InChI=1S/C21H26N2O3S2/c1-15-4-9-20(16(2)14-15)28(25,26)23-12-10-17(11-13-23)21(24)22-18-5-7-19(27-3)8-6-18/h4-9,14,17H,10-13H2,1-3H3,(H,22,24). The summed E-state index contributed by atoms with van der Waals surface area (Å²) in [5.74, 6) is -0.216. The van der Waals surface area contributed by atoms with Gasteiger partial charge in [0.05, 0.1) is 4.90 Å². The molecule has 3 rings (SSSR count). The Morgan fingerprint density at radius 3 is 2.29 bits per heavy atom. The SMILES string of the molecule is CSc1ccc(NC(=O)C2CCN(S(=O)(=O)c3ccc(C)cc3C)CC2)cc1. The van der Waals surface area contributed by atoms with Crippen molar-refractivity contribution in [2.45, 2.75) is 36.5 Å². The van der Waals surface area contributed by atoms with Gasteiger partial charge in [0.2, 0.25) is 15.9 Å². The molecule has 1 aliphatic rings. The maximum atomic E-state index is 13.0. The van der Waals surface area contributed by atoms with Gasteiger partial charge < -0.3 is 5.32 Å². The van der Waals surface area contributed by atoms with Gasteiger partial charge in [0.25, 0.3) is 0 Å². The van der Waals surface area contributed by atoms with Gasteiger partial charge >= 0.3 is 0 Å². The van der Waals surface area contributed by atoms with Gasteiger partial charge in [-0.2, -0.15) is 4.31 Å². The lowest BCUT2D eigenvalue weighted by Crippen LogP contribution is -2.41. The number of carbonyl (C=O) groups is 1. The van der Waals surface area contributed by atoms with Crippen LogP contribution in [0.4, 0.5) is 5.69 Å². The second kappa shape index (κ2) is 8.68. The Hall–Kier alpha value is -1.83. The number of sulfonamides is 1. The predicted octanol–water partition coefficient (Wildman–Crippen LogP) is 4.06. The fraction of sp³-hybridized carbons (Fsp3) is 0.381. The number of piperidine rings is 1. The molecule has 0 radical (unpaired) electrons. The zero-order valence-electron chi connectivity index (χ0n) is 16.4. The van der Waals surface area contributed by atoms with Crippen LogP contribution < -0.4 is 5.32 Å². The second-order valence-corrected chi connectivity index (χ2v) is 9.95. The van der Waals surface area contributed by atoms with Crippen molar-refractivity contribution in [1.29, 1.82) is 0 Å². The van der Waals surface area contributed by atoms with Gasteiger partial charge in [0, 0.05) is 29.6 Å². The van der Waals surface area contributed by atoms with Crippen LogP contribution in [0.2, 0.25) is 0 Å². The molecule has 1 amide bonds. The summed E-state index contributed by atoms with van der Waals surface area (Å²) in [5, 5.41) is 2.95. The number of anilines is 1. The Kier molecular flexibility index (Phi) is 6.47. The summed E-state index contributed by atoms with van der Waals surface area (Å²) in [6.07, 6.45) is 3.06. The summed E-state index contributed by atoms with van der Waals surface area (Å²) in [5.41, 5.74) is 2.57. The molecule has 2 aromatic carbocycles. The van der Waals surface area contributed by atoms with Crippen LogP contribution in [0.5, 0.6) is 0 Å². The highest BCUT2D eigenvalue weighted by Crippen LogP contribution is 2.27. The molecule has 0 aliphatic carbocycles. The van der Waals surface area contributed by atoms with E-state index in [-0.39, 0.29) is 11.8 Å². The molecule has 150 valence electrons. The normalized spacial score (nSPS) is 16.1. The number of rotatable bonds is 5. The molecule has 7 heteroatoms. The van der Waals surface area contributed by atoms with Crippen LogP contribution in [0.25, 0.3) is 0 Å². The third-order valence-corrected chi connectivity index (χ3v) is 7.93. The molecule has 0 spiro atoms. The molecule has 0 unspecified atom stereocenters. The quantitative estimate of drug-likeness (QED) is 0.744. The summed E-state index contributed by atoms with van der Waals surface area (Å²) >= 11 is 1.65. The molecule has 0 atom stereocenters. The van der Waals surface area contributed by atoms with E-state index in [9.17, 15) is 13.2 Å². The number of benzene rings is 2. The van der Waals surface area contributed by atoms with E-state index in [4.69, 9.17) is 0 Å². The van der Waals surface area contributed by atoms with E-state index in [0.29, 0.717) is 30.8 Å². The first-order chi connectivity index (χ1) is 13.3. The first-order valence-corrected chi connectivity index (χ1v) is 12.0. The van der Waals surface area contributed by atoms with Gasteiger partial charge in [-0.25, -0.2) is 8.42 Å². The van der Waals surface area contributed by atoms with E-state index in [0.717, 1.165) is 21.7 Å². The van der Waals surface area contributed by atoms with E-state index in [1.807, 2.05) is 56.5 Å². The van der Waals surface area contributed by atoms with Gasteiger partial charge in [-0.15, -0.1) is 11.8 Å². The van der Waals surface area contributed by atoms with Crippen LogP contribution in [0, 0.1) is 19.8 Å². The Morgan fingerprint density at radius 2 is 1.71 bits per heavy atom. The minimum Gasteiger partial charge on any atom is -0.326 e. The van der Waals surface area contributed by atoms with Gasteiger partial charge in [0.1, 0.15) is 0 Å². The molecule has 0 aromatic heterocycles. The number of nitrogens with zero attached hydrogens (tertiary/aromatic N) is 1. The van der Waals surface area contributed by atoms with Crippen molar-refractivity contribution in [3.63, 3.8) is 0 Å². The summed E-state index contributed by atoms with van der Waals surface area (Å²) in [4.78, 5) is 14.1. The fourth-order valence-corrected chi connectivity index (χ4v) is 5.59. The van der Waals surface area contributed by atoms with Crippen LogP contribution >= 0.6 is 11.8 Å². The summed E-state index contributed by atoms with van der Waals surface area (Å²) in [7, 11) is -3.53. The molecule has 2 aromatic rings. The number of hydrogen-bond acceptors (Lipinski definition) is 4. The van der Waals surface area contributed by atoms with Crippen molar-refractivity contribution in [3.8, 4) is 0 Å². The van der Waals surface area contributed by atoms with Crippen molar-refractivity contribution < 1.29 is 13.2 Å². The zero-order valence-corrected chi connectivity index (χ0v) is 18.1. The molecular formula is C21H26N2O3S2. The van der Waals surface area contributed by atoms with Crippen LogP contribution in [-0.4, -0.2) is 38.0 Å². The minimum absolute atomic E-state index is 0.0412. The minimum atomic E-state index is -3.53. The maximum absolute atomic E-state index is 13.0. The molecule has 5 nitrogen and oxygen atoms in total. The fourth-order valence-electron chi connectivity index (χ4n) is 3.50. The molecule has 1 N–H and O–H groups in total. The van der Waals surface area contributed by atoms with E-state index in [1.165, 1.54) is 4.31 Å². The monoisotopic (exact) mass is 418 g/mol. The molecule has 1 saturated heterocycles. The highest BCUT2D eigenvalue weighted by atomic mass is 32.2. The van der Waals surface area contributed by atoms with E-state index in [2.05, 4.69) is 5.32 Å². The molecule has 1 aliphatic heterocycles. The lowest BCUT2D eigenvalue weighted by Gasteiger charge is -2.31. The molecule has 0 bridgehead atoms. The smallest absolute Gasteiger partial charge is 0.243 e. The maximum Gasteiger partial charge on any atom is 0.243 e. The van der Waals surface area contributed by atoms with Gasteiger partial charge in [-0.05, 0) is 68.8 Å². The topological polar surface area (TPSA) is 66.5 Å². The van der Waals surface area contributed by atoms with Crippen molar-refractivity contribution in [2.24, 2.45) is 5.92 Å². The average Bonchev–Trinajstić information content (AvgIpc) is 2.68. The lowest BCUT2D eigenvalue weighted by atomic mass is 9.97. The first-order valence-electron chi connectivity index (χ1n) is 9.33. The summed E-state index contributed by atoms with van der Waals surface area (Å²) in [6.45, 7) is 4.49. The number of amides is 1. The van der Waals surface area contributed by atoms with E-state index in [1.54, 1.807) is 17.8 Å². The van der Waals surface area contributed by atoms with Crippen LogP contribution in [0.3, 0.4) is 0 Å². The van der Waals surface area contributed by atoms with Crippen LogP contribution in [0.15, 0.2) is 52.3 Å². The average molecular weight is 419 g/mol. The molecule has 0 saturated carbocycles. The third kappa shape index (κ3) is 4.59. The molecule has 1 fully saturated rings. The largest absolute Gasteiger partial charge is 0.326 e. The van der Waals surface area contributed by atoms with Crippen LogP contribution in [-0.2, 0) is 14.8 Å². The Bertz CT molecular complexity index is 948. The molecular weight excluding hydrogens is 392 g/mol. The van der Waals surface area contributed by atoms with Crippen molar-refractivity contribution >= 4 is 33.4 Å². The van der Waals surface area contributed by atoms with E-state index < -0.39 is 10.0 Å². The molecule has 28 heavy (non-hydrogen) atoms. The van der Waals surface area contributed by atoms with Crippen molar-refractivity contribution in [3.05, 3.63) is 53.6 Å². The van der Waals surface area contributed by atoms with Gasteiger partial charge in [-0.1, -0.05) is 17.7 Å². The number of nitrogens with one attached hydrogen (secondary N) is 1.